The topological polar surface area (TPSA) is 79.9 Å². The van der Waals surface area contributed by atoms with Gasteiger partial charge in [0.1, 0.15) is 0 Å². The van der Waals surface area contributed by atoms with Gasteiger partial charge in [-0.25, -0.2) is 0 Å². The van der Waals surface area contributed by atoms with Crippen molar-refractivity contribution in [3.8, 4) is 11.5 Å². The normalized spacial score (nSPS) is 22.3. The first-order valence-corrected chi connectivity index (χ1v) is 9.88. The highest BCUT2D eigenvalue weighted by molar-refractivity contribution is 7.99. The van der Waals surface area contributed by atoms with Crippen LogP contribution in [0, 0.1) is 5.92 Å². The second-order valence-corrected chi connectivity index (χ2v) is 7.56. The van der Waals surface area contributed by atoms with Gasteiger partial charge in [-0.2, -0.15) is 0 Å². The predicted octanol–water partition coefficient (Wildman–Crippen LogP) is 0.945. The molecular formula is C18H25N3O4S. The maximum atomic E-state index is 12.4. The summed E-state index contributed by atoms with van der Waals surface area (Å²) >= 11 is 1.79. The first kappa shape index (κ1) is 18.8. The van der Waals surface area contributed by atoms with Crippen LogP contribution in [0.3, 0.4) is 0 Å². The molecule has 2 saturated heterocycles. The highest BCUT2D eigenvalue weighted by Crippen LogP contribution is 2.27. The Bertz CT molecular complexity index is 664. The number of nitrogens with one attached hydrogen (secondary N) is 2. The average Bonchev–Trinajstić information content (AvgIpc) is 3.36. The molecule has 8 heteroatoms. The summed E-state index contributed by atoms with van der Waals surface area (Å²) < 4.78 is 10.4. The Labute approximate surface area is 157 Å². The summed E-state index contributed by atoms with van der Waals surface area (Å²) in [5.74, 6) is 3.20. The van der Waals surface area contributed by atoms with E-state index in [-0.39, 0.29) is 23.8 Å². The van der Waals surface area contributed by atoms with Crippen molar-refractivity contribution in [3.63, 3.8) is 0 Å². The fraction of sp³-hybridized carbons (Fsp3) is 0.556. The molecule has 2 unspecified atom stereocenters. The third-order valence-electron chi connectivity index (χ3n) is 4.78. The molecule has 0 spiro atoms. The monoisotopic (exact) mass is 379 g/mol. The lowest BCUT2D eigenvalue weighted by Crippen LogP contribution is -2.42. The largest absolute Gasteiger partial charge is 0.493 e. The zero-order valence-corrected chi connectivity index (χ0v) is 15.9. The van der Waals surface area contributed by atoms with E-state index in [2.05, 4.69) is 10.6 Å². The van der Waals surface area contributed by atoms with Crippen LogP contribution in [0.1, 0.15) is 16.8 Å². The minimum Gasteiger partial charge on any atom is -0.493 e. The van der Waals surface area contributed by atoms with Crippen LogP contribution in [0.2, 0.25) is 0 Å². The smallest absolute Gasteiger partial charge is 0.251 e. The average molecular weight is 379 g/mol. The van der Waals surface area contributed by atoms with E-state index in [0.717, 1.165) is 31.1 Å². The lowest BCUT2D eigenvalue weighted by molar-refractivity contribution is -0.131. The third-order valence-corrected chi connectivity index (χ3v) is 5.75. The van der Waals surface area contributed by atoms with Crippen LogP contribution in [0.5, 0.6) is 11.5 Å². The van der Waals surface area contributed by atoms with Gasteiger partial charge in [-0.1, -0.05) is 0 Å². The van der Waals surface area contributed by atoms with Crippen LogP contribution in [0.15, 0.2) is 18.2 Å². The lowest BCUT2D eigenvalue weighted by atomic mass is 10.0. The molecule has 26 heavy (non-hydrogen) atoms. The minimum absolute atomic E-state index is 0.128. The number of carbonyl (C=O) groups excluding carboxylic acids is 2. The van der Waals surface area contributed by atoms with E-state index >= 15 is 0 Å². The van der Waals surface area contributed by atoms with Crippen molar-refractivity contribution >= 4 is 23.6 Å². The Kier molecular flexibility index (Phi) is 6.26. The Morgan fingerprint density at radius 1 is 1.31 bits per heavy atom. The summed E-state index contributed by atoms with van der Waals surface area (Å²) in [4.78, 5) is 26.7. The summed E-state index contributed by atoms with van der Waals surface area (Å²) in [6.45, 7) is 2.12. The van der Waals surface area contributed by atoms with Gasteiger partial charge in [0.05, 0.1) is 26.1 Å². The Balaban J connectivity index is 1.50. The van der Waals surface area contributed by atoms with Crippen LogP contribution < -0.4 is 20.1 Å². The molecule has 2 heterocycles. The van der Waals surface area contributed by atoms with Crippen molar-refractivity contribution in [2.45, 2.75) is 12.5 Å². The SMILES string of the molecule is COc1ccc(C(=O)NCC2CNC(C(=O)N3CCSC3)C2)cc1OC. The summed E-state index contributed by atoms with van der Waals surface area (Å²) in [7, 11) is 3.10. The van der Waals surface area contributed by atoms with Crippen molar-refractivity contribution in [1.29, 1.82) is 0 Å². The molecule has 3 rings (SSSR count). The molecule has 0 saturated carbocycles. The second-order valence-electron chi connectivity index (χ2n) is 6.48. The summed E-state index contributed by atoms with van der Waals surface area (Å²) in [6.07, 6.45) is 0.756. The molecule has 2 atom stereocenters. The zero-order chi connectivity index (χ0) is 18.5. The van der Waals surface area contributed by atoms with Gasteiger partial charge >= 0.3 is 0 Å². The van der Waals surface area contributed by atoms with Crippen molar-refractivity contribution in [1.82, 2.24) is 15.5 Å². The first-order valence-electron chi connectivity index (χ1n) is 8.72. The molecule has 2 aliphatic rings. The van der Waals surface area contributed by atoms with Gasteiger partial charge in [0.15, 0.2) is 11.5 Å². The van der Waals surface area contributed by atoms with Crippen molar-refractivity contribution < 1.29 is 19.1 Å². The van der Waals surface area contributed by atoms with Crippen LogP contribution in [-0.4, -0.2) is 68.2 Å². The molecule has 2 aliphatic heterocycles. The molecule has 2 N–H and O–H groups in total. The third kappa shape index (κ3) is 4.24. The van der Waals surface area contributed by atoms with Crippen LogP contribution in [0.25, 0.3) is 0 Å². The number of nitrogens with zero attached hydrogens (tertiary/aromatic N) is 1. The standard InChI is InChI=1S/C18H25N3O4S/c1-24-15-4-3-13(8-16(15)25-2)17(22)20-10-12-7-14(19-9-12)18(23)21-5-6-26-11-21/h3-4,8,12,14,19H,5-7,9-11H2,1-2H3,(H,20,22). The zero-order valence-electron chi connectivity index (χ0n) is 15.1. The minimum atomic E-state index is -0.156. The second kappa shape index (κ2) is 8.64. The number of ether oxygens (including phenoxy) is 2. The molecular weight excluding hydrogens is 354 g/mol. The first-order chi connectivity index (χ1) is 12.6. The van der Waals surface area contributed by atoms with E-state index in [1.54, 1.807) is 44.2 Å². The van der Waals surface area contributed by atoms with E-state index < -0.39 is 0 Å². The molecule has 1 aromatic carbocycles. The Hall–Kier alpha value is -1.93. The fourth-order valence-electron chi connectivity index (χ4n) is 3.28. The van der Waals surface area contributed by atoms with Crippen LogP contribution in [-0.2, 0) is 4.79 Å². The number of hydrogen-bond donors (Lipinski definition) is 2. The molecule has 0 radical (unpaired) electrons. The Morgan fingerprint density at radius 3 is 2.81 bits per heavy atom. The van der Waals surface area contributed by atoms with E-state index in [9.17, 15) is 9.59 Å². The number of benzene rings is 1. The number of thioether (sulfide) groups is 1. The number of carbonyl (C=O) groups is 2. The van der Waals surface area contributed by atoms with E-state index in [0.29, 0.717) is 23.6 Å². The maximum absolute atomic E-state index is 12.4. The molecule has 2 amide bonds. The van der Waals surface area contributed by atoms with Gasteiger partial charge in [0.2, 0.25) is 5.91 Å². The maximum Gasteiger partial charge on any atom is 0.251 e. The van der Waals surface area contributed by atoms with Crippen LogP contribution >= 0.6 is 11.8 Å². The van der Waals surface area contributed by atoms with Gasteiger partial charge < -0.3 is 25.0 Å². The number of methoxy groups -OCH3 is 2. The van der Waals surface area contributed by atoms with Crippen molar-refractivity contribution in [2.75, 3.05) is 45.5 Å². The van der Waals surface area contributed by atoms with E-state index in [1.165, 1.54) is 0 Å². The molecule has 0 aliphatic carbocycles. The number of amides is 2. The highest BCUT2D eigenvalue weighted by atomic mass is 32.2. The summed E-state index contributed by atoms with van der Waals surface area (Å²) in [6, 6.07) is 4.96. The Morgan fingerprint density at radius 2 is 2.12 bits per heavy atom. The molecule has 2 fully saturated rings. The number of rotatable bonds is 6. The van der Waals surface area contributed by atoms with Crippen molar-refractivity contribution in [2.24, 2.45) is 5.92 Å². The predicted molar refractivity (Wildman–Crippen MR) is 101 cm³/mol. The molecule has 0 bridgehead atoms. The summed E-state index contributed by atoms with van der Waals surface area (Å²) in [5.41, 5.74) is 0.523. The van der Waals surface area contributed by atoms with Crippen LogP contribution in [0.4, 0.5) is 0 Å². The fourth-order valence-corrected chi connectivity index (χ4v) is 4.23. The molecule has 0 aromatic heterocycles. The lowest BCUT2D eigenvalue weighted by Gasteiger charge is -2.19. The summed E-state index contributed by atoms with van der Waals surface area (Å²) in [5, 5.41) is 6.25. The van der Waals surface area contributed by atoms with Crippen molar-refractivity contribution in [3.05, 3.63) is 23.8 Å². The number of hydrogen-bond acceptors (Lipinski definition) is 6. The van der Waals surface area contributed by atoms with E-state index in [1.807, 2.05) is 4.90 Å². The molecule has 1 aromatic rings. The van der Waals surface area contributed by atoms with E-state index in [4.69, 9.17) is 9.47 Å². The van der Waals surface area contributed by atoms with Gasteiger partial charge in [0.25, 0.3) is 5.91 Å². The molecule has 142 valence electrons. The molecule has 7 nitrogen and oxygen atoms in total. The quantitative estimate of drug-likeness (QED) is 0.766. The van der Waals surface area contributed by atoms with Gasteiger partial charge in [-0.3, -0.25) is 9.59 Å². The highest BCUT2D eigenvalue weighted by Gasteiger charge is 2.33. The van der Waals surface area contributed by atoms with Gasteiger partial charge in [-0.15, -0.1) is 11.8 Å². The van der Waals surface area contributed by atoms with Gasteiger partial charge in [-0.05, 0) is 30.5 Å². The van der Waals surface area contributed by atoms with Gasteiger partial charge in [0, 0.05) is 31.0 Å².